The first-order valence-electron chi connectivity index (χ1n) is 3.92. The highest BCUT2D eigenvalue weighted by Crippen LogP contribution is 2.21. The van der Waals surface area contributed by atoms with E-state index in [0.29, 0.717) is 12.5 Å². The second-order valence-electron chi connectivity index (χ2n) is 3.01. The van der Waals surface area contributed by atoms with Gasteiger partial charge in [0.25, 0.3) is 0 Å². The Labute approximate surface area is 67.4 Å². The van der Waals surface area contributed by atoms with E-state index in [-0.39, 0.29) is 0 Å². The summed E-state index contributed by atoms with van der Waals surface area (Å²) in [6.07, 6.45) is 0. The van der Waals surface area contributed by atoms with Gasteiger partial charge in [0.2, 0.25) is 0 Å². The molecule has 1 heterocycles. The van der Waals surface area contributed by atoms with Gasteiger partial charge in [-0.2, -0.15) is 0 Å². The minimum atomic E-state index is 0.410. The highest BCUT2D eigenvalue weighted by molar-refractivity contribution is 5.24. The van der Waals surface area contributed by atoms with Gasteiger partial charge < -0.3 is 10.2 Å². The Morgan fingerprint density at radius 3 is 2.55 bits per heavy atom. The summed E-state index contributed by atoms with van der Waals surface area (Å²) >= 11 is 0. The molecule has 11 heavy (non-hydrogen) atoms. The van der Waals surface area contributed by atoms with Crippen molar-refractivity contribution in [1.29, 1.82) is 0 Å². The first-order valence-corrected chi connectivity index (χ1v) is 3.92. The Kier molecular flexibility index (Phi) is 2.35. The Balaban J connectivity index is 2.93. The maximum Gasteiger partial charge on any atom is 0.104 e. The fourth-order valence-corrected chi connectivity index (χ4v) is 1.27. The number of aryl methyl sites for hydroxylation is 2. The smallest absolute Gasteiger partial charge is 0.104 e. The zero-order chi connectivity index (χ0) is 8.43. The van der Waals surface area contributed by atoms with Crippen molar-refractivity contribution in [2.75, 3.05) is 6.54 Å². The molecule has 0 amide bonds. The summed E-state index contributed by atoms with van der Waals surface area (Å²) in [7, 11) is 0. The SMILES string of the molecule is Cc1cc(C(C)CN)c(C)o1. The van der Waals surface area contributed by atoms with Gasteiger partial charge in [-0.25, -0.2) is 0 Å². The average Bonchev–Trinajstić information content (AvgIpc) is 2.28. The van der Waals surface area contributed by atoms with E-state index in [1.54, 1.807) is 0 Å². The normalized spacial score (nSPS) is 13.5. The molecule has 0 aromatic carbocycles. The van der Waals surface area contributed by atoms with Crippen LogP contribution in [0, 0.1) is 13.8 Å². The quantitative estimate of drug-likeness (QED) is 0.705. The lowest BCUT2D eigenvalue weighted by Crippen LogP contribution is -2.08. The monoisotopic (exact) mass is 153 g/mol. The first kappa shape index (κ1) is 8.34. The van der Waals surface area contributed by atoms with E-state index >= 15 is 0 Å². The third-order valence-electron chi connectivity index (χ3n) is 1.96. The first-order chi connectivity index (χ1) is 5.15. The second kappa shape index (κ2) is 3.09. The molecule has 1 aromatic heterocycles. The number of hydrogen-bond donors (Lipinski definition) is 1. The van der Waals surface area contributed by atoms with E-state index < -0.39 is 0 Å². The molecule has 0 aliphatic carbocycles. The second-order valence-corrected chi connectivity index (χ2v) is 3.01. The van der Waals surface area contributed by atoms with Gasteiger partial charge in [0, 0.05) is 0 Å². The minimum absolute atomic E-state index is 0.410. The summed E-state index contributed by atoms with van der Waals surface area (Å²) in [6, 6.07) is 2.06. The predicted octanol–water partition coefficient (Wildman–Crippen LogP) is 1.96. The fraction of sp³-hybridized carbons (Fsp3) is 0.556. The number of nitrogens with two attached hydrogens (primary N) is 1. The van der Waals surface area contributed by atoms with Crippen LogP contribution in [0.25, 0.3) is 0 Å². The van der Waals surface area contributed by atoms with Crippen LogP contribution in [0.15, 0.2) is 10.5 Å². The van der Waals surface area contributed by atoms with Crippen LogP contribution in [0.1, 0.15) is 29.9 Å². The molecule has 62 valence electrons. The third kappa shape index (κ3) is 1.63. The largest absolute Gasteiger partial charge is 0.466 e. The minimum Gasteiger partial charge on any atom is -0.466 e. The van der Waals surface area contributed by atoms with Crippen LogP contribution < -0.4 is 5.73 Å². The lowest BCUT2D eigenvalue weighted by molar-refractivity contribution is 0.498. The standard InChI is InChI=1S/C9H15NO/c1-6(5-10)9-4-7(2)11-8(9)3/h4,6H,5,10H2,1-3H3. The van der Waals surface area contributed by atoms with Gasteiger partial charge in [-0.05, 0) is 37.9 Å². The summed E-state index contributed by atoms with van der Waals surface area (Å²) in [5.74, 6) is 2.38. The molecule has 0 saturated carbocycles. The lowest BCUT2D eigenvalue weighted by Gasteiger charge is -2.04. The zero-order valence-corrected chi connectivity index (χ0v) is 7.35. The summed E-state index contributed by atoms with van der Waals surface area (Å²) in [6.45, 7) is 6.73. The lowest BCUT2D eigenvalue weighted by atomic mass is 10.0. The molecule has 1 atom stereocenters. The number of hydrogen-bond acceptors (Lipinski definition) is 2. The van der Waals surface area contributed by atoms with Crippen molar-refractivity contribution in [1.82, 2.24) is 0 Å². The maximum absolute atomic E-state index is 5.54. The molecule has 1 unspecified atom stereocenters. The van der Waals surface area contributed by atoms with Crippen molar-refractivity contribution in [3.63, 3.8) is 0 Å². The Hall–Kier alpha value is -0.760. The van der Waals surface area contributed by atoms with Crippen LogP contribution in [0.3, 0.4) is 0 Å². The summed E-state index contributed by atoms with van der Waals surface area (Å²) in [5, 5.41) is 0. The van der Waals surface area contributed by atoms with Crippen molar-refractivity contribution >= 4 is 0 Å². The van der Waals surface area contributed by atoms with Gasteiger partial charge in [-0.3, -0.25) is 0 Å². The van der Waals surface area contributed by atoms with Crippen LogP contribution in [-0.4, -0.2) is 6.54 Å². The highest BCUT2D eigenvalue weighted by Gasteiger charge is 2.10. The van der Waals surface area contributed by atoms with Crippen molar-refractivity contribution < 1.29 is 4.42 Å². The van der Waals surface area contributed by atoms with Crippen LogP contribution in [0.4, 0.5) is 0 Å². The molecule has 1 rings (SSSR count). The average molecular weight is 153 g/mol. The van der Waals surface area contributed by atoms with Gasteiger partial charge in [0.1, 0.15) is 11.5 Å². The Bertz CT molecular complexity index is 240. The molecule has 0 fully saturated rings. The molecule has 0 aliphatic heterocycles. The van der Waals surface area contributed by atoms with Crippen LogP contribution >= 0.6 is 0 Å². The molecule has 0 aliphatic rings. The molecule has 0 bridgehead atoms. The fourth-order valence-electron chi connectivity index (χ4n) is 1.27. The van der Waals surface area contributed by atoms with Gasteiger partial charge in [0.15, 0.2) is 0 Å². The molecular formula is C9H15NO. The van der Waals surface area contributed by atoms with E-state index in [1.807, 2.05) is 13.8 Å². The van der Waals surface area contributed by atoms with Gasteiger partial charge in [-0.1, -0.05) is 6.92 Å². The van der Waals surface area contributed by atoms with E-state index in [2.05, 4.69) is 13.0 Å². The molecule has 0 radical (unpaired) electrons. The molecular weight excluding hydrogens is 138 g/mol. The van der Waals surface area contributed by atoms with Crippen LogP contribution in [0.2, 0.25) is 0 Å². The zero-order valence-electron chi connectivity index (χ0n) is 7.35. The Morgan fingerprint density at radius 1 is 1.55 bits per heavy atom. The predicted molar refractivity (Wildman–Crippen MR) is 45.7 cm³/mol. The van der Waals surface area contributed by atoms with E-state index in [1.165, 1.54) is 5.56 Å². The molecule has 2 N–H and O–H groups in total. The molecule has 2 nitrogen and oxygen atoms in total. The van der Waals surface area contributed by atoms with Crippen molar-refractivity contribution in [3.8, 4) is 0 Å². The number of rotatable bonds is 2. The van der Waals surface area contributed by atoms with Gasteiger partial charge in [-0.15, -0.1) is 0 Å². The Morgan fingerprint density at radius 2 is 2.18 bits per heavy atom. The summed E-state index contributed by atoms with van der Waals surface area (Å²) in [4.78, 5) is 0. The van der Waals surface area contributed by atoms with Crippen molar-refractivity contribution in [2.24, 2.45) is 5.73 Å². The third-order valence-corrected chi connectivity index (χ3v) is 1.96. The van der Waals surface area contributed by atoms with E-state index in [9.17, 15) is 0 Å². The topological polar surface area (TPSA) is 39.2 Å². The van der Waals surface area contributed by atoms with Crippen molar-refractivity contribution in [3.05, 3.63) is 23.2 Å². The van der Waals surface area contributed by atoms with Gasteiger partial charge in [0.05, 0.1) is 0 Å². The van der Waals surface area contributed by atoms with Crippen LogP contribution in [-0.2, 0) is 0 Å². The molecule has 2 heteroatoms. The van der Waals surface area contributed by atoms with E-state index in [0.717, 1.165) is 11.5 Å². The molecule has 1 aromatic rings. The molecule has 0 saturated heterocycles. The summed E-state index contributed by atoms with van der Waals surface area (Å²) in [5.41, 5.74) is 6.78. The number of furan rings is 1. The van der Waals surface area contributed by atoms with Crippen molar-refractivity contribution in [2.45, 2.75) is 26.7 Å². The van der Waals surface area contributed by atoms with Crippen LogP contribution in [0.5, 0.6) is 0 Å². The maximum atomic E-state index is 5.54. The molecule has 0 spiro atoms. The van der Waals surface area contributed by atoms with E-state index in [4.69, 9.17) is 10.2 Å². The highest BCUT2D eigenvalue weighted by atomic mass is 16.3. The summed E-state index contributed by atoms with van der Waals surface area (Å²) < 4.78 is 5.38. The van der Waals surface area contributed by atoms with Gasteiger partial charge >= 0.3 is 0 Å².